The molecule has 0 saturated carbocycles. The van der Waals surface area contributed by atoms with Crippen LogP contribution in [0.15, 0.2) is 53.1 Å². The predicted octanol–water partition coefficient (Wildman–Crippen LogP) is 3.27. The Morgan fingerprint density at radius 2 is 1.89 bits per heavy atom. The second-order valence-corrected chi connectivity index (χ2v) is 6.37. The maximum Gasteiger partial charge on any atom is 0.258 e. The van der Waals surface area contributed by atoms with Gasteiger partial charge in [0.05, 0.1) is 19.8 Å². The average molecular weight is 379 g/mol. The van der Waals surface area contributed by atoms with Crippen LogP contribution in [-0.2, 0) is 4.74 Å². The van der Waals surface area contributed by atoms with Gasteiger partial charge in [-0.2, -0.15) is 4.98 Å². The zero-order valence-electron chi connectivity index (χ0n) is 15.6. The lowest BCUT2D eigenvalue weighted by atomic mass is 10.1. The summed E-state index contributed by atoms with van der Waals surface area (Å²) in [7, 11) is 0. The summed E-state index contributed by atoms with van der Waals surface area (Å²) >= 11 is 0. The number of aromatic nitrogens is 2. The van der Waals surface area contributed by atoms with E-state index in [4.69, 9.17) is 14.0 Å². The van der Waals surface area contributed by atoms with Crippen LogP contribution in [0.5, 0.6) is 5.75 Å². The summed E-state index contributed by atoms with van der Waals surface area (Å²) in [6, 6.07) is 14.8. The van der Waals surface area contributed by atoms with Crippen molar-refractivity contribution in [2.75, 3.05) is 32.9 Å². The van der Waals surface area contributed by atoms with Gasteiger partial charge in [-0.15, -0.1) is 0 Å². The Labute approximate surface area is 162 Å². The molecule has 7 nitrogen and oxygen atoms in total. The molecule has 0 N–H and O–H groups in total. The fourth-order valence-electron chi connectivity index (χ4n) is 3.06. The molecular weight excluding hydrogens is 358 g/mol. The minimum atomic E-state index is -0.0135. The molecule has 4 rings (SSSR count). The van der Waals surface area contributed by atoms with Gasteiger partial charge in [0, 0.05) is 29.8 Å². The number of hydrogen-bond donors (Lipinski definition) is 0. The van der Waals surface area contributed by atoms with E-state index in [1.807, 2.05) is 43.3 Å². The second kappa shape index (κ2) is 8.22. The van der Waals surface area contributed by atoms with Gasteiger partial charge < -0.3 is 18.9 Å². The lowest BCUT2D eigenvalue weighted by Crippen LogP contribution is -2.40. The van der Waals surface area contributed by atoms with Crippen LogP contribution in [0.2, 0.25) is 0 Å². The first-order valence-corrected chi connectivity index (χ1v) is 9.29. The number of ether oxygens (including phenoxy) is 2. The van der Waals surface area contributed by atoms with Gasteiger partial charge in [0.15, 0.2) is 0 Å². The molecule has 1 aliphatic heterocycles. The van der Waals surface area contributed by atoms with Crippen LogP contribution in [0.4, 0.5) is 0 Å². The third kappa shape index (κ3) is 3.89. The molecule has 0 spiro atoms. The molecular formula is C21H21N3O4. The molecule has 7 heteroatoms. The molecule has 1 amide bonds. The van der Waals surface area contributed by atoms with E-state index in [-0.39, 0.29) is 5.91 Å². The minimum absolute atomic E-state index is 0.0135. The molecule has 1 aromatic heterocycles. The number of hydrogen-bond acceptors (Lipinski definition) is 6. The summed E-state index contributed by atoms with van der Waals surface area (Å²) in [5.41, 5.74) is 2.15. The molecule has 1 aliphatic rings. The molecule has 0 radical (unpaired) electrons. The van der Waals surface area contributed by atoms with Gasteiger partial charge in [-0.1, -0.05) is 17.3 Å². The van der Waals surface area contributed by atoms with Gasteiger partial charge in [0.2, 0.25) is 5.82 Å². The van der Waals surface area contributed by atoms with Crippen molar-refractivity contribution < 1.29 is 18.8 Å². The van der Waals surface area contributed by atoms with Crippen LogP contribution in [-0.4, -0.2) is 53.9 Å². The van der Waals surface area contributed by atoms with Gasteiger partial charge in [-0.25, -0.2) is 0 Å². The molecule has 0 bridgehead atoms. The third-order valence-electron chi connectivity index (χ3n) is 4.50. The summed E-state index contributed by atoms with van der Waals surface area (Å²) in [5, 5.41) is 4.07. The molecule has 0 unspecified atom stereocenters. The van der Waals surface area contributed by atoms with Crippen LogP contribution in [0.25, 0.3) is 22.8 Å². The zero-order chi connectivity index (χ0) is 19.3. The van der Waals surface area contributed by atoms with E-state index in [0.717, 1.165) is 16.9 Å². The van der Waals surface area contributed by atoms with Gasteiger partial charge >= 0.3 is 0 Å². The molecule has 3 aromatic rings. The van der Waals surface area contributed by atoms with Gasteiger partial charge in [0.1, 0.15) is 5.75 Å². The average Bonchev–Trinajstić information content (AvgIpc) is 3.25. The van der Waals surface area contributed by atoms with E-state index in [1.165, 1.54) is 0 Å². The van der Waals surface area contributed by atoms with Crippen molar-refractivity contribution in [2.24, 2.45) is 0 Å². The predicted molar refractivity (Wildman–Crippen MR) is 103 cm³/mol. The van der Waals surface area contributed by atoms with Crippen LogP contribution < -0.4 is 4.74 Å². The van der Waals surface area contributed by atoms with Crippen molar-refractivity contribution in [1.82, 2.24) is 15.0 Å². The number of rotatable bonds is 5. The zero-order valence-corrected chi connectivity index (χ0v) is 15.6. The molecule has 1 fully saturated rings. The quantitative estimate of drug-likeness (QED) is 0.677. The highest BCUT2D eigenvalue weighted by Gasteiger charge is 2.19. The highest BCUT2D eigenvalue weighted by atomic mass is 16.5. The first kappa shape index (κ1) is 18.2. The summed E-state index contributed by atoms with van der Waals surface area (Å²) in [4.78, 5) is 19.0. The number of nitrogens with zero attached hydrogens (tertiary/aromatic N) is 3. The van der Waals surface area contributed by atoms with Crippen molar-refractivity contribution in [1.29, 1.82) is 0 Å². The van der Waals surface area contributed by atoms with E-state index in [0.29, 0.717) is 50.2 Å². The second-order valence-electron chi connectivity index (χ2n) is 6.37. The summed E-state index contributed by atoms with van der Waals surface area (Å²) in [6.07, 6.45) is 0. The van der Waals surface area contributed by atoms with E-state index in [1.54, 1.807) is 17.0 Å². The lowest BCUT2D eigenvalue weighted by Gasteiger charge is -2.26. The Bertz CT molecular complexity index is 946. The first-order chi connectivity index (χ1) is 13.7. The highest BCUT2D eigenvalue weighted by Crippen LogP contribution is 2.25. The SMILES string of the molecule is CCOc1ccc(-c2nc(-c3cccc(C(=O)N4CCOCC4)c3)no2)cc1. The van der Waals surface area contributed by atoms with Crippen molar-refractivity contribution in [3.05, 3.63) is 54.1 Å². The topological polar surface area (TPSA) is 77.7 Å². The molecule has 2 heterocycles. The number of benzene rings is 2. The number of morpholine rings is 1. The fraction of sp³-hybridized carbons (Fsp3) is 0.286. The molecule has 2 aromatic carbocycles. The Balaban J connectivity index is 1.54. The Kier molecular flexibility index (Phi) is 5.34. The van der Waals surface area contributed by atoms with Gasteiger partial charge in [0.25, 0.3) is 11.8 Å². The normalized spacial score (nSPS) is 14.1. The summed E-state index contributed by atoms with van der Waals surface area (Å²) in [6.45, 7) is 4.91. The van der Waals surface area contributed by atoms with Crippen molar-refractivity contribution in [3.63, 3.8) is 0 Å². The third-order valence-corrected chi connectivity index (χ3v) is 4.50. The van der Waals surface area contributed by atoms with Crippen LogP contribution in [0, 0.1) is 0 Å². The summed E-state index contributed by atoms with van der Waals surface area (Å²) < 4.78 is 16.2. The molecule has 28 heavy (non-hydrogen) atoms. The van der Waals surface area contributed by atoms with Gasteiger partial charge in [-0.05, 0) is 43.3 Å². The van der Waals surface area contributed by atoms with E-state index < -0.39 is 0 Å². The lowest BCUT2D eigenvalue weighted by molar-refractivity contribution is 0.0303. The largest absolute Gasteiger partial charge is 0.494 e. The van der Waals surface area contributed by atoms with Gasteiger partial charge in [-0.3, -0.25) is 4.79 Å². The van der Waals surface area contributed by atoms with E-state index in [9.17, 15) is 4.79 Å². The minimum Gasteiger partial charge on any atom is -0.494 e. The highest BCUT2D eigenvalue weighted by molar-refractivity contribution is 5.95. The monoisotopic (exact) mass is 379 g/mol. The fourth-order valence-corrected chi connectivity index (χ4v) is 3.06. The maximum absolute atomic E-state index is 12.7. The Hall–Kier alpha value is -3.19. The smallest absolute Gasteiger partial charge is 0.258 e. The molecule has 0 atom stereocenters. The van der Waals surface area contributed by atoms with E-state index >= 15 is 0 Å². The number of carbonyl (C=O) groups is 1. The Morgan fingerprint density at radius 1 is 1.11 bits per heavy atom. The number of carbonyl (C=O) groups excluding carboxylic acids is 1. The first-order valence-electron chi connectivity index (χ1n) is 9.29. The summed E-state index contributed by atoms with van der Waals surface area (Å²) in [5.74, 6) is 1.64. The van der Waals surface area contributed by atoms with Crippen LogP contribution >= 0.6 is 0 Å². The molecule has 0 aliphatic carbocycles. The van der Waals surface area contributed by atoms with Crippen LogP contribution in [0.3, 0.4) is 0 Å². The van der Waals surface area contributed by atoms with Crippen molar-refractivity contribution in [2.45, 2.75) is 6.92 Å². The number of amides is 1. The Morgan fingerprint density at radius 3 is 2.64 bits per heavy atom. The van der Waals surface area contributed by atoms with Crippen molar-refractivity contribution >= 4 is 5.91 Å². The van der Waals surface area contributed by atoms with Crippen LogP contribution in [0.1, 0.15) is 17.3 Å². The molecule has 144 valence electrons. The standard InChI is InChI=1S/C21H21N3O4/c1-2-27-18-8-6-15(7-9-18)20-22-19(23-28-20)16-4-3-5-17(14-16)21(25)24-10-12-26-13-11-24/h3-9,14H,2,10-13H2,1H3. The molecule has 1 saturated heterocycles. The maximum atomic E-state index is 12.7. The van der Waals surface area contributed by atoms with Crippen molar-refractivity contribution in [3.8, 4) is 28.6 Å². The van der Waals surface area contributed by atoms with E-state index in [2.05, 4.69) is 10.1 Å².